The lowest BCUT2D eigenvalue weighted by Crippen LogP contribution is -2.49. The number of imide groups is 2. The van der Waals surface area contributed by atoms with E-state index in [0.717, 1.165) is 28.5 Å². The van der Waals surface area contributed by atoms with E-state index >= 15 is 0 Å². The molecule has 0 spiro atoms. The topological polar surface area (TPSA) is 95.0 Å². The highest BCUT2D eigenvalue weighted by atomic mass is 35.5. The first-order valence-corrected chi connectivity index (χ1v) is 16.3. The summed E-state index contributed by atoms with van der Waals surface area (Å²) in [5.41, 5.74) is 2.22. The highest BCUT2D eigenvalue weighted by Crippen LogP contribution is 2.64. The number of hydrogen-bond donors (Lipinski definition) is 1. The fourth-order valence-electron chi connectivity index (χ4n) is 8.53. The lowest BCUT2D eigenvalue weighted by molar-refractivity contribution is -0.131. The maximum Gasteiger partial charge on any atom is 0.241 e. The zero-order chi connectivity index (χ0) is 33.4. The number of anilines is 2. The Kier molecular flexibility index (Phi) is 7.47. The molecule has 4 aliphatic rings. The highest BCUT2D eigenvalue weighted by molar-refractivity contribution is 6.32. The Morgan fingerprint density at radius 3 is 2.38 bits per heavy atom. The van der Waals surface area contributed by atoms with Gasteiger partial charge in [0, 0.05) is 11.5 Å². The van der Waals surface area contributed by atoms with Gasteiger partial charge in [-0.05, 0) is 80.0 Å². The lowest BCUT2D eigenvalue weighted by atomic mass is 9.51. The number of phenols is 1. The van der Waals surface area contributed by atoms with Crippen molar-refractivity contribution in [1.82, 2.24) is 0 Å². The number of rotatable bonds is 6. The monoisotopic (exact) mass is 652 g/mol. The van der Waals surface area contributed by atoms with Gasteiger partial charge in [0.15, 0.2) is 0 Å². The molecule has 2 aliphatic carbocycles. The second-order valence-electron chi connectivity index (χ2n) is 13.1. The van der Waals surface area contributed by atoms with E-state index < -0.39 is 52.6 Å². The van der Waals surface area contributed by atoms with Crippen molar-refractivity contribution in [1.29, 1.82) is 0 Å². The molecule has 7 rings (SSSR count). The van der Waals surface area contributed by atoms with Crippen LogP contribution < -0.4 is 9.80 Å². The standard InChI is InChI=1S/C38H34ClFN2O5/c1-4-7-21-8-6-9-26(33(21)43)32-24-15-16-25-31(36(46)41(34(25)44)22-12-10-20(5-2)11-13-22)27(24)19-28-35(45)42(37(47)38(28,32)3)23-14-17-30(40)29(39)18-23/h4,6,8-15,17-18,25,27-28,31-32,43H,1,5,7,16,19H2,2-3H3/t25-,27+,28-,31-,32+,38+/m0/s1. The molecule has 1 saturated carbocycles. The van der Waals surface area contributed by atoms with Gasteiger partial charge in [-0.25, -0.2) is 9.29 Å². The fourth-order valence-corrected chi connectivity index (χ4v) is 8.70. The molecule has 7 nitrogen and oxygen atoms in total. The number of phenolic OH excluding ortho intramolecular Hbond substituents is 1. The van der Waals surface area contributed by atoms with Crippen molar-refractivity contribution in [3.05, 3.63) is 112 Å². The Morgan fingerprint density at radius 2 is 1.70 bits per heavy atom. The van der Waals surface area contributed by atoms with Gasteiger partial charge in [0.25, 0.3) is 0 Å². The van der Waals surface area contributed by atoms with Crippen LogP contribution in [0.5, 0.6) is 5.75 Å². The third-order valence-corrected chi connectivity index (χ3v) is 11.2. The predicted octanol–water partition coefficient (Wildman–Crippen LogP) is 6.91. The van der Waals surface area contributed by atoms with Gasteiger partial charge in [-0.2, -0.15) is 0 Å². The number of benzene rings is 3. The number of fused-ring (bicyclic) bond motifs is 4. The number of hydrogen-bond acceptors (Lipinski definition) is 5. The fraction of sp³-hybridized carbons (Fsp3) is 0.316. The lowest BCUT2D eigenvalue weighted by Gasteiger charge is -2.49. The van der Waals surface area contributed by atoms with Crippen LogP contribution in [0.4, 0.5) is 15.8 Å². The van der Waals surface area contributed by atoms with Crippen molar-refractivity contribution in [3.8, 4) is 5.75 Å². The van der Waals surface area contributed by atoms with Crippen molar-refractivity contribution in [2.75, 3.05) is 9.80 Å². The van der Waals surface area contributed by atoms with E-state index in [2.05, 4.69) is 6.58 Å². The van der Waals surface area contributed by atoms with Gasteiger partial charge < -0.3 is 5.11 Å². The SMILES string of the molecule is C=CCc1cccc([C@H]2C3=CC[C@@H]4C(=O)N(c5ccc(CC)cc5)C(=O)[C@@H]4[C@@H]3C[C@H]3C(=O)N(c4ccc(F)c(Cl)c4)C(=O)[C@@]23C)c1O. The first kappa shape index (κ1) is 31.1. The van der Waals surface area contributed by atoms with Crippen LogP contribution in [-0.4, -0.2) is 28.7 Å². The predicted molar refractivity (Wildman–Crippen MR) is 176 cm³/mol. The molecule has 240 valence electrons. The number of allylic oxidation sites excluding steroid dienone is 3. The van der Waals surface area contributed by atoms with E-state index in [9.17, 15) is 28.7 Å². The van der Waals surface area contributed by atoms with Gasteiger partial charge in [0.05, 0.1) is 39.6 Å². The second kappa shape index (κ2) is 11.3. The van der Waals surface area contributed by atoms with Crippen LogP contribution >= 0.6 is 11.6 Å². The van der Waals surface area contributed by atoms with Gasteiger partial charge in [0.2, 0.25) is 23.6 Å². The quantitative estimate of drug-likeness (QED) is 0.231. The molecular weight excluding hydrogens is 619 g/mol. The second-order valence-corrected chi connectivity index (χ2v) is 13.5. The highest BCUT2D eigenvalue weighted by Gasteiger charge is 2.68. The number of amides is 4. The molecular formula is C38H34ClFN2O5. The van der Waals surface area contributed by atoms with Crippen molar-refractivity contribution in [2.45, 2.75) is 45.4 Å². The molecule has 3 aromatic rings. The van der Waals surface area contributed by atoms with Crippen LogP contribution in [0.15, 0.2) is 85.0 Å². The number of para-hydroxylation sites is 1. The maximum absolute atomic E-state index is 14.6. The number of nitrogens with zero attached hydrogens (tertiary/aromatic N) is 2. The molecule has 4 amide bonds. The third-order valence-electron chi connectivity index (χ3n) is 10.9. The molecule has 9 heteroatoms. The van der Waals surface area contributed by atoms with Gasteiger partial charge in [-0.15, -0.1) is 6.58 Å². The number of aryl methyl sites for hydroxylation is 1. The normalized spacial score (nSPS) is 28.3. The maximum atomic E-state index is 14.6. The van der Waals surface area contributed by atoms with Gasteiger partial charge >= 0.3 is 0 Å². The number of halogens is 2. The van der Waals surface area contributed by atoms with E-state index in [-0.39, 0.29) is 41.1 Å². The molecule has 2 saturated heterocycles. The summed E-state index contributed by atoms with van der Waals surface area (Å²) in [4.78, 5) is 59.4. The molecule has 47 heavy (non-hydrogen) atoms. The Bertz CT molecular complexity index is 1900. The van der Waals surface area contributed by atoms with Gasteiger partial charge in [0.1, 0.15) is 11.6 Å². The van der Waals surface area contributed by atoms with E-state index in [4.69, 9.17) is 11.6 Å². The van der Waals surface area contributed by atoms with Crippen LogP contribution in [-0.2, 0) is 32.0 Å². The van der Waals surface area contributed by atoms with Crippen LogP contribution in [0.2, 0.25) is 5.02 Å². The van der Waals surface area contributed by atoms with E-state index in [1.54, 1.807) is 43.3 Å². The minimum atomic E-state index is -1.36. The molecule has 3 aromatic carbocycles. The van der Waals surface area contributed by atoms with E-state index in [0.29, 0.717) is 23.2 Å². The summed E-state index contributed by atoms with van der Waals surface area (Å²) >= 11 is 6.09. The first-order valence-electron chi connectivity index (χ1n) is 15.9. The van der Waals surface area contributed by atoms with Crippen molar-refractivity contribution in [3.63, 3.8) is 0 Å². The molecule has 0 bridgehead atoms. The van der Waals surface area contributed by atoms with Crippen LogP contribution in [0.1, 0.15) is 49.3 Å². The summed E-state index contributed by atoms with van der Waals surface area (Å²) in [5.74, 6) is -5.85. The summed E-state index contributed by atoms with van der Waals surface area (Å²) in [7, 11) is 0. The zero-order valence-corrected chi connectivity index (χ0v) is 26.8. The van der Waals surface area contributed by atoms with E-state index in [1.165, 1.54) is 17.0 Å². The van der Waals surface area contributed by atoms with Crippen molar-refractivity contribution < 1.29 is 28.7 Å². The summed E-state index contributed by atoms with van der Waals surface area (Å²) in [6, 6.07) is 16.4. The Hall–Kier alpha value is -4.56. The molecule has 6 atom stereocenters. The van der Waals surface area contributed by atoms with Crippen molar-refractivity contribution in [2.24, 2.45) is 29.1 Å². The molecule has 2 heterocycles. The smallest absolute Gasteiger partial charge is 0.241 e. The largest absolute Gasteiger partial charge is 0.507 e. The number of aromatic hydroxyl groups is 1. The number of carbonyl (C=O) groups excluding carboxylic acids is 4. The Labute approximate surface area is 277 Å². The summed E-state index contributed by atoms with van der Waals surface area (Å²) in [6.45, 7) is 7.57. The van der Waals surface area contributed by atoms with E-state index in [1.807, 2.05) is 25.1 Å². The van der Waals surface area contributed by atoms with Gasteiger partial charge in [-0.1, -0.05) is 66.6 Å². The van der Waals surface area contributed by atoms with Gasteiger partial charge in [-0.3, -0.25) is 24.1 Å². The summed E-state index contributed by atoms with van der Waals surface area (Å²) in [6.07, 6.45) is 5.26. The third kappa shape index (κ3) is 4.44. The molecule has 0 aromatic heterocycles. The Morgan fingerprint density at radius 1 is 0.979 bits per heavy atom. The van der Waals surface area contributed by atoms with Crippen LogP contribution in [0, 0.1) is 34.9 Å². The minimum absolute atomic E-state index is 0.00367. The molecule has 2 aliphatic heterocycles. The zero-order valence-electron chi connectivity index (χ0n) is 26.1. The minimum Gasteiger partial charge on any atom is -0.507 e. The first-order chi connectivity index (χ1) is 22.5. The van der Waals surface area contributed by atoms with Crippen LogP contribution in [0.25, 0.3) is 0 Å². The molecule has 0 radical (unpaired) electrons. The summed E-state index contributed by atoms with van der Waals surface area (Å²) < 4.78 is 14.1. The van der Waals surface area contributed by atoms with Crippen molar-refractivity contribution >= 4 is 46.6 Å². The average Bonchev–Trinajstić information content (AvgIpc) is 3.43. The average molecular weight is 653 g/mol. The molecule has 1 N–H and O–H groups in total. The molecule has 3 fully saturated rings. The Balaban J connectivity index is 1.37. The number of carbonyl (C=O) groups is 4. The molecule has 0 unspecified atom stereocenters. The van der Waals surface area contributed by atoms with Crippen LogP contribution in [0.3, 0.4) is 0 Å². The summed E-state index contributed by atoms with van der Waals surface area (Å²) in [5, 5.41) is 11.4.